The maximum absolute atomic E-state index is 2.48. The van der Waals surface area contributed by atoms with E-state index in [0.717, 1.165) is 12.8 Å². The van der Waals surface area contributed by atoms with Crippen LogP contribution in [0.2, 0.25) is 0 Å². The predicted octanol–water partition coefficient (Wildman–Crippen LogP) is 8.54. The molecule has 162 valence electrons. The van der Waals surface area contributed by atoms with Crippen molar-refractivity contribution >= 4 is 38.1 Å². The molecule has 2 aromatic heterocycles. The minimum atomic E-state index is 1.01. The van der Waals surface area contributed by atoms with Crippen molar-refractivity contribution in [1.29, 1.82) is 0 Å². The Kier molecular flexibility index (Phi) is 3.19. The van der Waals surface area contributed by atoms with Crippen LogP contribution in [0.15, 0.2) is 103 Å². The first-order chi connectivity index (χ1) is 17.4. The van der Waals surface area contributed by atoms with Crippen molar-refractivity contribution < 1.29 is 0 Å². The molecule has 0 saturated carbocycles. The summed E-state index contributed by atoms with van der Waals surface area (Å²) in [6.45, 7) is 0. The first-order valence-corrected chi connectivity index (χ1v) is 12.5. The van der Waals surface area contributed by atoms with E-state index in [1.54, 1.807) is 0 Å². The standard InChI is InChI=1S/C34H21N/c1-3-9-22-20(7-1)17-28-23(22)13-14-24-25-15-16-27-26-10-4-6-12-32(26)35-31-11-5-2-8-21(31)18-33(35)34(27)30(25)19-29(24)28/h1-16,18H,17,19H2. The Balaban J connectivity index is 1.41. The van der Waals surface area contributed by atoms with Crippen LogP contribution in [-0.4, -0.2) is 4.40 Å². The van der Waals surface area contributed by atoms with Gasteiger partial charge in [0.05, 0.1) is 16.6 Å². The van der Waals surface area contributed by atoms with Crippen molar-refractivity contribution in [2.75, 3.05) is 0 Å². The van der Waals surface area contributed by atoms with Gasteiger partial charge >= 0.3 is 0 Å². The molecule has 0 radical (unpaired) electrons. The summed E-state index contributed by atoms with van der Waals surface area (Å²) in [5.74, 6) is 0. The van der Waals surface area contributed by atoms with Gasteiger partial charge in [-0.3, -0.25) is 0 Å². The van der Waals surface area contributed by atoms with Crippen LogP contribution in [-0.2, 0) is 12.8 Å². The molecule has 0 atom stereocenters. The quantitative estimate of drug-likeness (QED) is 0.207. The van der Waals surface area contributed by atoms with Crippen LogP contribution in [0.4, 0.5) is 0 Å². The van der Waals surface area contributed by atoms with Gasteiger partial charge in [0.2, 0.25) is 0 Å². The summed E-state index contributed by atoms with van der Waals surface area (Å²) in [6.07, 6.45) is 2.06. The summed E-state index contributed by atoms with van der Waals surface area (Å²) in [5.41, 5.74) is 15.6. The third-order valence-corrected chi connectivity index (χ3v) is 8.46. The maximum atomic E-state index is 2.48. The lowest BCUT2D eigenvalue weighted by atomic mass is 9.96. The summed E-state index contributed by atoms with van der Waals surface area (Å²) in [6, 6.07) is 38.5. The Labute approximate surface area is 202 Å². The summed E-state index contributed by atoms with van der Waals surface area (Å²) in [7, 11) is 0. The number of nitrogens with zero attached hydrogens (tertiary/aromatic N) is 1. The average molecular weight is 444 g/mol. The van der Waals surface area contributed by atoms with Crippen molar-refractivity contribution in [3.05, 3.63) is 125 Å². The molecule has 0 amide bonds. The monoisotopic (exact) mass is 443 g/mol. The topological polar surface area (TPSA) is 4.41 Å². The summed E-state index contributed by atoms with van der Waals surface area (Å²) in [4.78, 5) is 0. The molecule has 2 aliphatic carbocycles. The van der Waals surface area contributed by atoms with E-state index in [9.17, 15) is 0 Å². The molecule has 0 aliphatic heterocycles. The zero-order chi connectivity index (χ0) is 22.7. The SMILES string of the molecule is c1ccc2c(c1)Cc1c-2ccc2c1Cc1c-2ccc2c3ccccc3n3c4ccccc4cc3c12. The highest BCUT2D eigenvalue weighted by Gasteiger charge is 2.29. The van der Waals surface area contributed by atoms with Crippen molar-refractivity contribution in [1.82, 2.24) is 4.40 Å². The molecule has 0 spiro atoms. The first kappa shape index (κ1) is 18.0. The fourth-order valence-corrected chi connectivity index (χ4v) is 7.00. The van der Waals surface area contributed by atoms with Crippen molar-refractivity contribution in [2.45, 2.75) is 12.8 Å². The molecule has 1 heteroatoms. The predicted molar refractivity (Wildman–Crippen MR) is 146 cm³/mol. The lowest BCUT2D eigenvalue weighted by molar-refractivity contribution is 1.17. The number of hydrogen-bond acceptors (Lipinski definition) is 0. The fraction of sp³-hybridized carbons (Fsp3) is 0.0588. The molecule has 9 rings (SSSR count). The van der Waals surface area contributed by atoms with Gasteiger partial charge in [0.25, 0.3) is 0 Å². The van der Waals surface area contributed by atoms with Gasteiger partial charge in [-0.15, -0.1) is 0 Å². The second-order valence-electron chi connectivity index (χ2n) is 10.1. The number of para-hydroxylation sites is 2. The number of hydrogen-bond donors (Lipinski definition) is 0. The Morgan fingerprint density at radius 2 is 1.14 bits per heavy atom. The molecule has 5 aromatic carbocycles. The molecular weight excluding hydrogens is 422 g/mol. The summed E-state index contributed by atoms with van der Waals surface area (Å²) < 4.78 is 2.48. The average Bonchev–Trinajstić information content (AvgIpc) is 3.59. The highest BCUT2D eigenvalue weighted by molar-refractivity contribution is 6.18. The van der Waals surface area contributed by atoms with E-state index in [4.69, 9.17) is 0 Å². The third-order valence-electron chi connectivity index (χ3n) is 8.46. The summed E-state index contributed by atoms with van der Waals surface area (Å²) in [5, 5.41) is 5.41. The van der Waals surface area contributed by atoms with E-state index in [1.807, 2.05) is 0 Å². The molecule has 0 fully saturated rings. The second kappa shape index (κ2) is 6.20. The number of aromatic nitrogens is 1. The zero-order valence-electron chi connectivity index (χ0n) is 19.2. The molecule has 0 N–H and O–H groups in total. The highest BCUT2D eigenvalue weighted by atomic mass is 14.9. The number of fused-ring (bicyclic) bond motifs is 16. The van der Waals surface area contributed by atoms with Gasteiger partial charge in [-0.05, 0) is 80.9 Å². The number of rotatable bonds is 0. The van der Waals surface area contributed by atoms with Crippen LogP contribution >= 0.6 is 0 Å². The first-order valence-electron chi connectivity index (χ1n) is 12.5. The van der Waals surface area contributed by atoms with Crippen molar-refractivity contribution in [3.63, 3.8) is 0 Å². The summed E-state index contributed by atoms with van der Waals surface area (Å²) >= 11 is 0. The van der Waals surface area contributed by atoms with E-state index < -0.39 is 0 Å². The fourth-order valence-electron chi connectivity index (χ4n) is 7.00. The van der Waals surface area contributed by atoms with Crippen LogP contribution in [0.1, 0.15) is 22.3 Å². The van der Waals surface area contributed by atoms with E-state index in [2.05, 4.69) is 108 Å². The van der Waals surface area contributed by atoms with E-state index >= 15 is 0 Å². The number of benzene rings is 5. The molecule has 0 bridgehead atoms. The second-order valence-corrected chi connectivity index (χ2v) is 10.1. The van der Waals surface area contributed by atoms with Gasteiger partial charge in [0, 0.05) is 16.2 Å². The van der Waals surface area contributed by atoms with Crippen molar-refractivity contribution in [2.24, 2.45) is 0 Å². The van der Waals surface area contributed by atoms with Gasteiger partial charge in [-0.2, -0.15) is 0 Å². The Bertz CT molecular complexity index is 2050. The molecule has 2 heterocycles. The molecule has 0 saturated heterocycles. The van der Waals surface area contributed by atoms with Gasteiger partial charge in [-0.1, -0.05) is 84.9 Å². The zero-order valence-corrected chi connectivity index (χ0v) is 19.2. The van der Waals surface area contributed by atoms with Gasteiger partial charge in [-0.25, -0.2) is 0 Å². The smallest absolute Gasteiger partial charge is 0.0550 e. The normalized spacial score (nSPS) is 13.5. The Hall–Kier alpha value is -4.36. The Morgan fingerprint density at radius 1 is 0.457 bits per heavy atom. The van der Waals surface area contributed by atoms with E-state index in [1.165, 1.54) is 82.6 Å². The van der Waals surface area contributed by atoms with E-state index in [-0.39, 0.29) is 0 Å². The minimum Gasteiger partial charge on any atom is -0.309 e. The molecule has 2 aliphatic rings. The lowest BCUT2D eigenvalue weighted by Crippen LogP contribution is -1.94. The minimum absolute atomic E-state index is 1.01. The van der Waals surface area contributed by atoms with Gasteiger partial charge in [0.1, 0.15) is 0 Å². The highest BCUT2D eigenvalue weighted by Crippen LogP contribution is 2.49. The number of pyridine rings is 1. The van der Waals surface area contributed by atoms with Gasteiger partial charge in [0.15, 0.2) is 0 Å². The van der Waals surface area contributed by atoms with Crippen LogP contribution in [0.5, 0.6) is 0 Å². The molecule has 1 nitrogen and oxygen atoms in total. The van der Waals surface area contributed by atoms with Crippen molar-refractivity contribution in [3.8, 4) is 22.3 Å². The van der Waals surface area contributed by atoms with E-state index in [0.29, 0.717) is 0 Å². The molecular formula is C34H21N. The molecule has 35 heavy (non-hydrogen) atoms. The van der Waals surface area contributed by atoms with Crippen LogP contribution in [0, 0.1) is 0 Å². The largest absolute Gasteiger partial charge is 0.309 e. The molecule has 0 unspecified atom stereocenters. The van der Waals surface area contributed by atoms with Crippen LogP contribution in [0.3, 0.4) is 0 Å². The lowest BCUT2D eigenvalue weighted by Gasteiger charge is -2.13. The van der Waals surface area contributed by atoms with Gasteiger partial charge < -0.3 is 4.40 Å². The van der Waals surface area contributed by atoms with Crippen LogP contribution < -0.4 is 0 Å². The molecule has 7 aromatic rings. The van der Waals surface area contributed by atoms with Crippen LogP contribution in [0.25, 0.3) is 60.3 Å². The third kappa shape index (κ3) is 2.15. The maximum Gasteiger partial charge on any atom is 0.0550 e. The Morgan fingerprint density at radius 3 is 2.09 bits per heavy atom.